The summed E-state index contributed by atoms with van der Waals surface area (Å²) >= 11 is 1.49. The van der Waals surface area contributed by atoms with Crippen molar-refractivity contribution in [2.24, 2.45) is 0 Å². The van der Waals surface area contributed by atoms with Crippen molar-refractivity contribution in [2.45, 2.75) is 20.3 Å². The third kappa shape index (κ3) is 4.61. The van der Waals surface area contributed by atoms with E-state index in [-0.39, 0.29) is 17.1 Å². The summed E-state index contributed by atoms with van der Waals surface area (Å²) in [4.78, 5) is 35.1. The maximum atomic E-state index is 13.7. The predicted octanol–water partition coefficient (Wildman–Crippen LogP) is 4.39. The van der Waals surface area contributed by atoms with E-state index in [1.807, 2.05) is 6.92 Å². The van der Waals surface area contributed by atoms with Gasteiger partial charge in [-0.2, -0.15) is 0 Å². The van der Waals surface area contributed by atoms with Crippen LogP contribution in [0.1, 0.15) is 28.1 Å². The van der Waals surface area contributed by atoms with E-state index in [9.17, 15) is 9.59 Å². The fraction of sp³-hybridized carbons (Fsp3) is 0.346. The summed E-state index contributed by atoms with van der Waals surface area (Å²) in [6.45, 7) is 8.69. The highest BCUT2D eigenvalue weighted by atomic mass is 32.1. The van der Waals surface area contributed by atoms with Gasteiger partial charge < -0.3 is 9.15 Å². The van der Waals surface area contributed by atoms with Gasteiger partial charge in [0.05, 0.1) is 28.8 Å². The van der Waals surface area contributed by atoms with Crippen LogP contribution in [0.2, 0.25) is 0 Å². The lowest BCUT2D eigenvalue weighted by molar-refractivity contribution is 0.0376. The van der Waals surface area contributed by atoms with E-state index in [1.165, 1.54) is 17.4 Å². The number of aryl methyl sites for hydroxylation is 2. The number of fused-ring (bicyclic) bond motifs is 2. The first-order valence-corrected chi connectivity index (χ1v) is 12.3. The Morgan fingerprint density at radius 3 is 2.76 bits per heavy atom. The predicted molar refractivity (Wildman–Crippen MR) is 135 cm³/mol. The number of morpholine rings is 1. The number of amides is 1. The molecule has 2 aromatic heterocycles. The van der Waals surface area contributed by atoms with Crippen LogP contribution in [0.15, 0.2) is 51.7 Å². The maximum Gasteiger partial charge on any atom is 0.295 e. The first kappa shape index (κ1) is 22.7. The second-order valence-electron chi connectivity index (χ2n) is 8.66. The van der Waals surface area contributed by atoms with Gasteiger partial charge in [-0.3, -0.25) is 19.4 Å². The van der Waals surface area contributed by atoms with E-state index in [0.29, 0.717) is 22.6 Å². The third-order valence-corrected chi connectivity index (χ3v) is 7.13. The van der Waals surface area contributed by atoms with Gasteiger partial charge in [0.1, 0.15) is 5.58 Å². The zero-order valence-electron chi connectivity index (χ0n) is 19.4. The average Bonchev–Trinajstić information content (AvgIpc) is 3.26. The molecule has 176 valence electrons. The van der Waals surface area contributed by atoms with Crippen LogP contribution in [-0.2, 0) is 4.74 Å². The summed E-state index contributed by atoms with van der Waals surface area (Å²) in [5.74, 6) is -0.319. The topological polar surface area (TPSA) is 75.9 Å². The molecule has 8 heteroatoms. The van der Waals surface area contributed by atoms with Gasteiger partial charge in [-0.05, 0) is 49.6 Å². The Hall–Kier alpha value is -3.07. The van der Waals surface area contributed by atoms with Gasteiger partial charge in [0.25, 0.3) is 5.91 Å². The van der Waals surface area contributed by atoms with Gasteiger partial charge in [-0.1, -0.05) is 29.5 Å². The van der Waals surface area contributed by atoms with Crippen molar-refractivity contribution in [2.75, 3.05) is 44.3 Å². The fourth-order valence-electron chi connectivity index (χ4n) is 4.38. The molecule has 1 saturated heterocycles. The lowest BCUT2D eigenvalue weighted by atomic mass is 10.1. The number of benzene rings is 2. The Morgan fingerprint density at radius 2 is 1.94 bits per heavy atom. The van der Waals surface area contributed by atoms with Crippen LogP contribution in [0.5, 0.6) is 0 Å². The smallest absolute Gasteiger partial charge is 0.295 e. The van der Waals surface area contributed by atoms with Gasteiger partial charge in [0.15, 0.2) is 16.3 Å². The molecule has 0 aliphatic carbocycles. The molecule has 1 aliphatic rings. The number of carbonyl (C=O) groups is 1. The fourth-order valence-corrected chi connectivity index (χ4v) is 5.54. The molecule has 1 fully saturated rings. The molecule has 0 unspecified atom stereocenters. The van der Waals surface area contributed by atoms with E-state index in [0.717, 1.165) is 60.6 Å². The molecule has 4 aromatic rings. The number of thiazole rings is 1. The quantitative estimate of drug-likeness (QED) is 0.410. The number of rotatable bonds is 6. The molecule has 5 rings (SSSR count). The molecule has 0 radical (unpaired) electrons. The minimum absolute atomic E-state index is 0.0298. The van der Waals surface area contributed by atoms with Gasteiger partial charge in [-0.15, -0.1) is 0 Å². The van der Waals surface area contributed by atoms with Gasteiger partial charge in [0.2, 0.25) is 0 Å². The van der Waals surface area contributed by atoms with Crippen molar-refractivity contribution in [1.29, 1.82) is 0 Å². The molecular weight excluding hydrogens is 450 g/mol. The van der Waals surface area contributed by atoms with E-state index >= 15 is 0 Å². The molecule has 3 heterocycles. The molecule has 0 atom stereocenters. The number of para-hydroxylation sites is 1. The van der Waals surface area contributed by atoms with Gasteiger partial charge in [0, 0.05) is 32.2 Å². The zero-order chi connectivity index (χ0) is 23.7. The van der Waals surface area contributed by atoms with Gasteiger partial charge >= 0.3 is 0 Å². The number of carbonyl (C=O) groups excluding carboxylic acids is 1. The summed E-state index contributed by atoms with van der Waals surface area (Å²) in [6, 6.07) is 12.5. The van der Waals surface area contributed by atoms with Crippen molar-refractivity contribution in [1.82, 2.24) is 9.88 Å². The van der Waals surface area contributed by atoms with Crippen LogP contribution in [0.25, 0.3) is 21.2 Å². The highest BCUT2D eigenvalue weighted by Gasteiger charge is 2.25. The second-order valence-corrected chi connectivity index (χ2v) is 9.67. The number of ether oxygens (including phenoxy) is 1. The minimum atomic E-state index is -0.349. The normalized spacial score (nSPS) is 14.6. The monoisotopic (exact) mass is 477 g/mol. The molecule has 0 bridgehead atoms. The first-order valence-electron chi connectivity index (χ1n) is 11.5. The summed E-state index contributed by atoms with van der Waals surface area (Å²) in [5, 5.41) is 1.08. The number of hydrogen-bond acceptors (Lipinski definition) is 7. The van der Waals surface area contributed by atoms with E-state index in [2.05, 4.69) is 24.0 Å². The molecule has 0 saturated carbocycles. The number of nitrogens with zero attached hydrogens (tertiary/aromatic N) is 3. The summed E-state index contributed by atoms with van der Waals surface area (Å²) in [6.07, 6.45) is 0.775. The Labute approximate surface area is 201 Å². The number of aromatic nitrogens is 1. The number of hydrogen-bond donors (Lipinski definition) is 0. The molecule has 7 nitrogen and oxygen atoms in total. The van der Waals surface area contributed by atoms with Crippen molar-refractivity contribution in [3.63, 3.8) is 0 Å². The largest absolute Gasteiger partial charge is 0.451 e. The maximum absolute atomic E-state index is 13.7. The number of anilines is 1. The SMILES string of the molecule is Cc1cc(C)c2nc(N(CCCN3CCOCC3)C(=O)c3cc(=O)c4ccccc4o3)sc2c1. The van der Waals surface area contributed by atoms with Crippen LogP contribution < -0.4 is 10.3 Å². The summed E-state index contributed by atoms with van der Waals surface area (Å²) < 4.78 is 12.4. The molecule has 0 spiro atoms. The molecule has 1 amide bonds. The average molecular weight is 478 g/mol. The summed E-state index contributed by atoms with van der Waals surface area (Å²) in [7, 11) is 0. The molecule has 0 N–H and O–H groups in total. The Morgan fingerprint density at radius 1 is 1.15 bits per heavy atom. The lowest BCUT2D eigenvalue weighted by Gasteiger charge is -2.27. The Kier molecular flexibility index (Phi) is 6.45. The zero-order valence-corrected chi connectivity index (χ0v) is 20.2. The van der Waals surface area contributed by atoms with Crippen LogP contribution in [0.4, 0.5) is 5.13 Å². The van der Waals surface area contributed by atoms with E-state index < -0.39 is 0 Å². The van der Waals surface area contributed by atoms with Crippen LogP contribution in [-0.4, -0.2) is 55.2 Å². The van der Waals surface area contributed by atoms with Crippen molar-refractivity contribution >= 4 is 43.6 Å². The van der Waals surface area contributed by atoms with Crippen LogP contribution in [0.3, 0.4) is 0 Å². The highest BCUT2D eigenvalue weighted by Crippen LogP contribution is 2.32. The first-order chi connectivity index (χ1) is 16.5. The van der Waals surface area contributed by atoms with Gasteiger partial charge in [-0.25, -0.2) is 4.98 Å². The van der Waals surface area contributed by atoms with Crippen LogP contribution >= 0.6 is 11.3 Å². The van der Waals surface area contributed by atoms with E-state index in [4.69, 9.17) is 14.1 Å². The Bertz CT molecular complexity index is 1400. The second kappa shape index (κ2) is 9.66. The summed E-state index contributed by atoms with van der Waals surface area (Å²) in [5.41, 5.74) is 3.31. The van der Waals surface area contributed by atoms with Crippen LogP contribution in [0, 0.1) is 13.8 Å². The van der Waals surface area contributed by atoms with Crippen molar-refractivity contribution in [3.8, 4) is 0 Å². The lowest BCUT2D eigenvalue weighted by Crippen LogP contribution is -2.39. The Balaban J connectivity index is 1.49. The standard InChI is InChI=1S/C26H27N3O4S/c1-17-14-18(2)24-23(15-17)34-26(27-24)29(9-5-8-28-10-12-32-13-11-28)25(31)22-16-20(30)19-6-3-4-7-21(19)33-22/h3-4,6-7,14-16H,5,8-13H2,1-2H3. The van der Waals surface area contributed by atoms with E-state index in [1.54, 1.807) is 29.2 Å². The van der Waals surface area contributed by atoms with Crippen molar-refractivity contribution < 1.29 is 13.9 Å². The molecule has 2 aromatic carbocycles. The third-order valence-electron chi connectivity index (χ3n) is 6.10. The molecule has 34 heavy (non-hydrogen) atoms. The highest BCUT2D eigenvalue weighted by molar-refractivity contribution is 7.22. The molecular formula is C26H27N3O4S. The molecule has 1 aliphatic heterocycles. The van der Waals surface area contributed by atoms with Crippen molar-refractivity contribution in [3.05, 3.63) is 69.6 Å². The minimum Gasteiger partial charge on any atom is -0.451 e.